The van der Waals surface area contributed by atoms with Gasteiger partial charge < -0.3 is 9.64 Å². The van der Waals surface area contributed by atoms with Crippen LogP contribution in [0.5, 0.6) is 0 Å². The van der Waals surface area contributed by atoms with Gasteiger partial charge in [-0.25, -0.2) is 9.07 Å². The van der Waals surface area contributed by atoms with E-state index in [1.54, 1.807) is 30.0 Å². The number of morpholine rings is 1. The predicted octanol–water partition coefficient (Wildman–Crippen LogP) is 1.93. The largest absolute Gasteiger partial charge is 0.375 e. The number of ether oxygens (including phenoxy) is 1. The van der Waals surface area contributed by atoms with Crippen LogP contribution in [0.2, 0.25) is 0 Å². The fourth-order valence-electron chi connectivity index (χ4n) is 2.89. The molecule has 0 bridgehead atoms. The van der Waals surface area contributed by atoms with Crippen molar-refractivity contribution in [1.29, 1.82) is 0 Å². The third-order valence-electron chi connectivity index (χ3n) is 4.26. The Morgan fingerprint density at radius 2 is 2.04 bits per heavy atom. The number of amides is 1. The topological polar surface area (TPSA) is 64.4 Å². The number of carbonyl (C=O) groups excluding carboxylic acids is 1. The van der Waals surface area contributed by atoms with Crippen molar-refractivity contribution in [1.82, 2.24) is 14.7 Å². The summed E-state index contributed by atoms with van der Waals surface area (Å²) in [6.07, 6.45) is -0.112. The molecule has 0 unspecified atom stereocenters. The average Bonchev–Trinajstić information content (AvgIpc) is 2.57. The van der Waals surface area contributed by atoms with Crippen molar-refractivity contribution in [3.8, 4) is 5.69 Å². The summed E-state index contributed by atoms with van der Waals surface area (Å²) in [6.45, 7) is 6.16. The number of rotatable bonds is 2. The highest BCUT2D eigenvalue weighted by atomic mass is 19.1. The van der Waals surface area contributed by atoms with Crippen LogP contribution in [0.1, 0.15) is 30.0 Å². The molecule has 1 saturated heterocycles. The molecule has 1 aromatic heterocycles. The Balaban J connectivity index is 2.05. The molecule has 1 aliphatic rings. The number of hydrogen-bond acceptors (Lipinski definition) is 4. The Morgan fingerprint density at radius 3 is 2.76 bits per heavy atom. The third kappa shape index (κ3) is 3.32. The van der Waals surface area contributed by atoms with Gasteiger partial charge in [0.05, 0.1) is 18.8 Å². The molecule has 6 nitrogen and oxygen atoms in total. The summed E-state index contributed by atoms with van der Waals surface area (Å²) in [5.41, 5.74) is -0.0382. The van der Waals surface area contributed by atoms with Crippen molar-refractivity contribution >= 4 is 5.91 Å². The van der Waals surface area contributed by atoms with E-state index in [2.05, 4.69) is 5.10 Å². The highest BCUT2D eigenvalue weighted by molar-refractivity contribution is 5.92. The summed E-state index contributed by atoms with van der Waals surface area (Å²) in [4.78, 5) is 26.8. The smallest absolute Gasteiger partial charge is 0.278 e. The fourth-order valence-corrected chi connectivity index (χ4v) is 2.89. The number of aromatic nitrogens is 2. The maximum atomic E-state index is 14.1. The second-order valence-corrected chi connectivity index (χ2v) is 6.31. The van der Waals surface area contributed by atoms with E-state index in [4.69, 9.17) is 4.74 Å². The number of benzene rings is 1. The predicted molar refractivity (Wildman–Crippen MR) is 90.4 cm³/mol. The standard InChI is InChI=1S/C18H20FN3O3/c1-11-8-16(23)17(18(24)21-9-13(3)25-10-12(21)2)20-22(11)15-7-5-4-6-14(15)19/h4-8,12-13H,9-10H2,1-3H3/t12-,13+/m1/s1. The summed E-state index contributed by atoms with van der Waals surface area (Å²) in [5.74, 6) is -0.939. The Labute approximate surface area is 144 Å². The summed E-state index contributed by atoms with van der Waals surface area (Å²) in [7, 11) is 0. The molecule has 1 aromatic carbocycles. The van der Waals surface area contributed by atoms with Crippen LogP contribution in [0.15, 0.2) is 35.1 Å². The number of hydrogen-bond donors (Lipinski definition) is 0. The highest BCUT2D eigenvalue weighted by Gasteiger charge is 2.30. The van der Waals surface area contributed by atoms with Gasteiger partial charge in [-0.05, 0) is 32.9 Å². The number of nitrogens with zero attached hydrogens (tertiary/aromatic N) is 3. The quantitative estimate of drug-likeness (QED) is 0.834. The van der Waals surface area contributed by atoms with E-state index in [-0.39, 0.29) is 23.5 Å². The number of para-hydroxylation sites is 1. The SMILES string of the molecule is Cc1cc(=O)c(C(=O)N2C[C@H](C)OC[C@H]2C)nn1-c1ccccc1F. The van der Waals surface area contributed by atoms with Gasteiger partial charge in [0.15, 0.2) is 5.69 Å². The van der Waals surface area contributed by atoms with Crippen molar-refractivity contribution in [3.63, 3.8) is 0 Å². The molecule has 1 fully saturated rings. The first-order chi connectivity index (χ1) is 11.9. The molecule has 2 atom stereocenters. The van der Waals surface area contributed by atoms with Crippen LogP contribution in [0.4, 0.5) is 4.39 Å². The Bertz CT molecular complexity index is 865. The van der Waals surface area contributed by atoms with E-state index < -0.39 is 17.2 Å². The molecule has 0 radical (unpaired) electrons. The average molecular weight is 345 g/mol. The third-order valence-corrected chi connectivity index (χ3v) is 4.26. The molecule has 3 rings (SSSR count). The maximum absolute atomic E-state index is 14.1. The van der Waals surface area contributed by atoms with E-state index in [0.717, 1.165) is 0 Å². The maximum Gasteiger partial charge on any atom is 0.278 e. The number of aryl methyl sites for hydroxylation is 1. The number of halogens is 1. The lowest BCUT2D eigenvalue weighted by molar-refractivity contribution is -0.0390. The molecule has 0 aliphatic carbocycles. The zero-order valence-corrected chi connectivity index (χ0v) is 14.4. The van der Waals surface area contributed by atoms with E-state index in [0.29, 0.717) is 18.8 Å². The molecule has 0 N–H and O–H groups in total. The lowest BCUT2D eigenvalue weighted by Crippen LogP contribution is -2.51. The van der Waals surface area contributed by atoms with Gasteiger partial charge in [0.1, 0.15) is 11.5 Å². The van der Waals surface area contributed by atoms with Crippen molar-refractivity contribution in [2.45, 2.75) is 32.9 Å². The second kappa shape index (κ2) is 6.76. The lowest BCUT2D eigenvalue weighted by atomic mass is 10.2. The molecular formula is C18H20FN3O3. The lowest BCUT2D eigenvalue weighted by Gasteiger charge is -2.36. The van der Waals surface area contributed by atoms with Crippen molar-refractivity contribution in [2.24, 2.45) is 0 Å². The Hall–Kier alpha value is -2.54. The summed E-state index contributed by atoms with van der Waals surface area (Å²) < 4.78 is 20.9. The van der Waals surface area contributed by atoms with Gasteiger partial charge in [-0.15, -0.1) is 0 Å². The molecule has 132 valence electrons. The second-order valence-electron chi connectivity index (χ2n) is 6.31. The van der Waals surface area contributed by atoms with Gasteiger partial charge in [0.25, 0.3) is 5.91 Å². The fraction of sp³-hybridized carbons (Fsp3) is 0.389. The molecule has 2 aromatic rings. The van der Waals surface area contributed by atoms with E-state index in [1.807, 2.05) is 13.8 Å². The first-order valence-corrected chi connectivity index (χ1v) is 8.17. The van der Waals surface area contributed by atoms with Gasteiger partial charge in [-0.3, -0.25) is 9.59 Å². The summed E-state index contributed by atoms with van der Waals surface area (Å²) in [5, 5.41) is 4.17. The van der Waals surface area contributed by atoms with Crippen LogP contribution < -0.4 is 5.43 Å². The Morgan fingerprint density at radius 1 is 1.32 bits per heavy atom. The molecule has 1 amide bonds. The minimum Gasteiger partial charge on any atom is -0.375 e. The normalized spacial score (nSPS) is 20.6. The van der Waals surface area contributed by atoms with Crippen molar-refractivity contribution < 1.29 is 13.9 Å². The Kier molecular flexibility index (Phi) is 4.67. The van der Waals surface area contributed by atoms with Crippen LogP contribution in [0.25, 0.3) is 5.69 Å². The minimum absolute atomic E-state index is 0.112. The molecular weight excluding hydrogens is 325 g/mol. The van der Waals surface area contributed by atoms with Crippen molar-refractivity contribution in [3.05, 3.63) is 57.8 Å². The van der Waals surface area contributed by atoms with Gasteiger partial charge in [-0.2, -0.15) is 5.10 Å². The molecule has 0 saturated carbocycles. The van der Waals surface area contributed by atoms with E-state index in [9.17, 15) is 14.0 Å². The first-order valence-electron chi connectivity index (χ1n) is 8.17. The van der Waals surface area contributed by atoms with Gasteiger partial charge >= 0.3 is 0 Å². The summed E-state index contributed by atoms with van der Waals surface area (Å²) >= 11 is 0. The highest BCUT2D eigenvalue weighted by Crippen LogP contribution is 2.16. The minimum atomic E-state index is -0.478. The van der Waals surface area contributed by atoms with Crippen molar-refractivity contribution in [2.75, 3.05) is 13.2 Å². The van der Waals surface area contributed by atoms with Gasteiger partial charge in [-0.1, -0.05) is 12.1 Å². The first kappa shape index (κ1) is 17.3. The van der Waals surface area contributed by atoms with E-state index in [1.165, 1.54) is 16.8 Å². The number of carbonyl (C=O) groups is 1. The van der Waals surface area contributed by atoms with Crippen LogP contribution >= 0.6 is 0 Å². The van der Waals surface area contributed by atoms with Crippen LogP contribution in [-0.4, -0.2) is 45.9 Å². The van der Waals surface area contributed by atoms with Crippen LogP contribution in [0.3, 0.4) is 0 Å². The van der Waals surface area contributed by atoms with Crippen LogP contribution in [0, 0.1) is 12.7 Å². The van der Waals surface area contributed by atoms with Gasteiger partial charge in [0.2, 0.25) is 5.43 Å². The van der Waals surface area contributed by atoms with Gasteiger partial charge in [0, 0.05) is 18.3 Å². The zero-order valence-electron chi connectivity index (χ0n) is 14.4. The van der Waals surface area contributed by atoms with Crippen LogP contribution in [-0.2, 0) is 4.74 Å². The molecule has 0 spiro atoms. The zero-order chi connectivity index (χ0) is 18.1. The molecule has 7 heteroatoms. The summed E-state index contributed by atoms with van der Waals surface area (Å²) in [6, 6.07) is 7.24. The molecule has 1 aliphatic heterocycles. The monoisotopic (exact) mass is 345 g/mol. The molecule has 2 heterocycles. The van der Waals surface area contributed by atoms with E-state index >= 15 is 0 Å². The molecule has 25 heavy (non-hydrogen) atoms.